The van der Waals surface area contributed by atoms with Crippen molar-refractivity contribution < 1.29 is 4.74 Å². The summed E-state index contributed by atoms with van der Waals surface area (Å²) in [6.45, 7) is 7.96. The first-order valence-corrected chi connectivity index (χ1v) is 4.61. The van der Waals surface area contributed by atoms with Crippen LogP contribution in [0.4, 0.5) is 0 Å². The maximum absolute atomic E-state index is 5.62. The van der Waals surface area contributed by atoms with E-state index in [9.17, 15) is 0 Å². The Hall–Kier alpha value is -0.0800. The van der Waals surface area contributed by atoms with E-state index in [-0.39, 0.29) is 0 Å². The summed E-state index contributed by atoms with van der Waals surface area (Å²) >= 11 is 0. The summed E-state index contributed by atoms with van der Waals surface area (Å²) in [7, 11) is 0. The van der Waals surface area contributed by atoms with Crippen LogP contribution < -0.4 is 0 Å². The molecule has 2 atom stereocenters. The molecule has 0 amide bonds. The van der Waals surface area contributed by atoms with Gasteiger partial charge in [0.1, 0.15) is 0 Å². The first-order valence-electron chi connectivity index (χ1n) is 4.61. The molecule has 64 valence electrons. The molecular weight excluding hydrogens is 138 g/mol. The third kappa shape index (κ3) is 1.42. The lowest BCUT2D eigenvalue weighted by molar-refractivity contribution is 0.0728. The molecule has 2 nitrogen and oxygen atoms in total. The summed E-state index contributed by atoms with van der Waals surface area (Å²) in [4.78, 5) is 2.53. The van der Waals surface area contributed by atoms with E-state index in [1.165, 1.54) is 13.0 Å². The van der Waals surface area contributed by atoms with Crippen molar-refractivity contribution in [3.05, 3.63) is 0 Å². The molecule has 2 rings (SSSR count). The van der Waals surface area contributed by atoms with E-state index >= 15 is 0 Å². The first-order chi connectivity index (χ1) is 5.25. The van der Waals surface area contributed by atoms with E-state index in [4.69, 9.17) is 4.74 Å². The maximum Gasteiger partial charge on any atom is 0.0706 e. The normalized spacial score (nSPS) is 38.5. The van der Waals surface area contributed by atoms with Crippen LogP contribution in [0.25, 0.3) is 0 Å². The third-order valence-corrected chi connectivity index (χ3v) is 2.83. The van der Waals surface area contributed by atoms with Crippen molar-refractivity contribution in [2.24, 2.45) is 5.92 Å². The van der Waals surface area contributed by atoms with E-state index in [2.05, 4.69) is 18.7 Å². The number of nitrogens with zero attached hydrogens (tertiary/aromatic N) is 1. The van der Waals surface area contributed by atoms with Gasteiger partial charge < -0.3 is 4.74 Å². The predicted molar refractivity (Wildman–Crippen MR) is 44.6 cm³/mol. The number of rotatable bonds is 1. The standard InChI is InChI=1S/C9H17NO/c1-7(2)10-4-8-3-9(5-10)11-6-8/h7-9H,3-6H2,1-2H3/t8-,9+/m0/s1. The van der Waals surface area contributed by atoms with Crippen LogP contribution in [0.3, 0.4) is 0 Å². The van der Waals surface area contributed by atoms with Crippen LogP contribution in [-0.4, -0.2) is 36.7 Å². The monoisotopic (exact) mass is 155 g/mol. The number of hydrogen-bond donors (Lipinski definition) is 0. The fourth-order valence-corrected chi connectivity index (χ4v) is 2.12. The van der Waals surface area contributed by atoms with Crippen LogP contribution in [-0.2, 0) is 4.74 Å². The summed E-state index contributed by atoms with van der Waals surface area (Å²) in [5.41, 5.74) is 0. The zero-order valence-corrected chi connectivity index (χ0v) is 7.42. The van der Waals surface area contributed by atoms with Crippen LogP contribution in [0.2, 0.25) is 0 Å². The van der Waals surface area contributed by atoms with Gasteiger partial charge in [-0.3, -0.25) is 4.90 Å². The van der Waals surface area contributed by atoms with Gasteiger partial charge in [0, 0.05) is 19.1 Å². The number of likely N-dealkylation sites (tertiary alicyclic amines) is 1. The van der Waals surface area contributed by atoms with Gasteiger partial charge in [0.25, 0.3) is 0 Å². The van der Waals surface area contributed by atoms with Crippen molar-refractivity contribution >= 4 is 0 Å². The molecule has 11 heavy (non-hydrogen) atoms. The Labute approximate surface area is 68.5 Å². The molecule has 2 bridgehead atoms. The molecule has 2 heteroatoms. The second-order valence-electron chi connectivity index (χ2n) is 4.10. The molecule has 2 aliphatic heterocycles. The highest BCUT2D eigenvalue weighted by atomic mass is 16.5. The number of ether oxygens (including phenoxy) is 1. The van der Waals surface area contributed by atoms with Gasteiger partial charge in [-0.25, -0.2) is 0 Å². The molecular formula is C9H17NO. The van der Waals surface area contributed by atoms with Crippen molar-refractivity contribution in [3.63, 3.8) is 0 Å². The molecule has 0 spiro atoms. The van der Waals surface area contributed by atoms with E-state index in [0.29, 0.717) is 12.1 Å². The van der Waals surface area contributed by atoms with Crippen LogP contribution in [0.5, 0.6) is 0 Å². The first kappa shape index (κ1) is 7.56. The van der Waals surface area contributed by atoms with Crippen molar-refractivity contribution in [1.82, 2.24) is 4.90 Å². The summed E-state index contributed by atoms with van der Waals surface area (Å²) in [5, 5.41) is 0. The SMILES string of the molecule is CC(C)N1C[C@H]2CO[C@H](C2)C1. The van der Waals surface area contributed by atoms with Crippen molar-refractivity contribution in [2.75, 3.05) is 19.7 Å². The average Bonchev–Trinajstić information content (AvgIpc) is 2.30. The van der Waals surface area contributed by atoms with Crippen molar-refractivity contribution in [1.29, 1.82) is 0 Å². The van der Waals surface area contributed by atoms with Crippen LogP contribution >= 0.6 is 0 Å². The fourth-order valence-electron chi connectivity index (χ4n) is 2.12. The van der Waals surface area contributed by atoms with Gasteiger partial charge in [-0.2, -0.15) is 0 Å². The zero-order chi connectivity index (χ0) is 7.84. The smallest absolute Gasteiger partial charge is 0.0706 e. The highest BCUT2D eigenvalue weighted by Crippen LogP contribution is 2.27. The van der Waals surface area contributed by atoms with Gasteiger partial charge in [-0.05, 0) is 26.2 Å². The molecule has 2 saturated heterocycles. The Morgan fingerprint density at radius 2 is 2.18 bits per heavy atom. The molecule has 0 aromatic carbocycles. The number of hydrogen-bond acceptors (Lipinski definition) is 2. The minimum Gasteiger partial charge on any atom is -0.377 e. The molecule has 0 N–H and O–H groups in total. The van der Waals surface area contributed by atoms with Crippen LogP contribution in [0.1, 0.15) is 20.3 Å². The summed E-state index contributed by atoms with van der Waals surface area (Å²) in [6.07, 6.45) is 1.86. The molecule has 0 aromatic heterocycles. The van der Waals surface area contributed by atoms with Gasteiger partial charge in [0.2, 0.25) is 0 Å². The minimum absolute atomic E-state index is 0.552. The Morgan fingerprint density at radius 1 is 1.36 bits per heavy atom. The fraction of sp³-hybridized carbons (Fsp3) is 1.00. The lowest BCUT2D eigenvalue weighted by Crippen LogP contribution is -2.43. The minimum atomic E-state index is 0.552. The molecule has 2 fully saturated rings. The third-order valence-electron chi connectivity index (χ3n) is 2.83. The van der Waals surface area contributed by atoms with Gasteiger partial charge in [-0.15, -0.1) is 0 Å². The van der Waals surface area contributed by atoms with E-state index in [1.807, 2.05) is 0 Å². The maximum atomic E-state index is 5.62. The van der Waals surface area contributed by atoms with Crippen LogP contribution in [0.15, 0.2) is 0 Å². The van der Waals surface area contributed by atoms with Gasteiger partial charge in [0.15, 0.2) is 0 Å². The molecule has 0 unspecified atom stereocenters. The topological polar surface area (TPSA) is 12.5 Å². The lowest BCUT2D eigenvalue weighted by atomic mass is 9.99. The second-order valence-corrected chi connectivity index (χ2v) is 4.10. The Balaban J connectivity index is 1.97. The summed E-state index contributed by atoms with van der Waals surface area (Å²) in [6, 6.07) is 0.696. The van der Waals surface area contributed by atoms with E-state index in [1.54, 1.807) is 0 Å². The second kappa shape index (κ2) is 2.76. The quantitative estimate of drug-likeness (QED) is 0.562. The Morgan fingerprint density at radius 3 is 2.82 bits per heavy atom. The summed E-state index contributed by atoms with van der Waals surface area (Å²) < 4.78 is 5.62. The van der Waals surface area contributed by atoms with E-state index in [0.717, 1.165) is 19.1 Å². The molecule has 0 radical (unpaired) electrons. The zero-order valence-electron chi connectivity index (χ0n) is 7.42. The molecule has 0 saturated carbocycles. The van der Waals surface area contributed by atoms with Crippen molar-refractivity contribution in [2.45, 2.75) is 32.4 Å². The highest BCUT2D eigenvalue weighted by molar-refractivity contribution is 4.85. The Kier molecular flexibility index (Phi) is 1.90. The largest absolute Gasteiger partial charge is 0.377 e. The van der Waals surface area contributed by atoms with Crippen molar-refractivity contribution in [3.8, 4) is 0 Å². The molecule has 2 aliphatic rings. The lowest BCUT2D eigenvalue weighted by Gasteiger charge is -2.33. The Bertz CT molecular complexity index is 134. The summed E-state index contributed by atoms with van der Waals surface area (Å²) in [5.74, 6) is 0.830. The molecule has 0 aliphatic carbocycles. The molecule has 0 aromatic rings. The highest BCUT2D eigenvalue weighted by Gasteiger charge is 2.34. The van der Waals surface area contributed by atoms with Gasteiger partial charge >= 0.3 is 0 Å². The molecule has 2 heterocycles. The average molecular weight is 155 g/mol. The number of fused-ring (bicyclic) bond motifs is 2. The van der Waals surface area contributed by atoms with Crippen LogP contribution in [0, 0.1) is 5.92 Å². The van der Waals surface area contributed by atoms with E-state index < -0.39 is 0 Å². The predicted octanol–water partition coefficient (Wildman–Crippen LogP) is 1.12. The number of piperidine rings is 1. The van der Waals surface area contributed by atoms with Gasteiger partial charge in [-0.1, -0.05) is 0 Å². The van der Waals surface area contributed by atoms with Gasteiger partial charge in [0.05, 0.1) is 12.7 Å².